The van der Waals surface area contributed by atoms with E-state index in [1.807, 2.05) is 7.05 Å². The molecule has 2 aromatic carbocycles. The fourth-order valence-electron chi connectivity index (χ4n) is 2.23. The molecule has 0 heterocycles. The van der Waals surface area contributed by atoms with E-state index in [1.165, 1.54) is 16.7 Å². The van der Waals surface area contributed by atoms with Gasteiger partial charge in [-0.3, -0.25) is 0 Å². The lowest BCUT2D eigenvalue weighted by Gasteiger charge is -2.17. The van der Waals surface area contributed by atoms with Crippen molar-refractivity contribution in [3.63, 3.8) is 0 Å². The number of aryl methyl sites for hydroxylation is 2. The maximum absolute atomic E-state index is 3.41. The summed E-state index contributed by atoms with van der Waals surface area (Å²) in [7, 11) is 2.04. The van der Waals surface area contributed by atoms with Crippen LogP contribution < -0.4 is 5.32 Å². The van der Waals surface area contributed by atoms with Crippen LogP contribution in [-0.2, 0) is 6.42 Å². The second-order valence-corrected chi connectivity index (χ2v) is 4.78. The van der Waals surface area contributed by atoms with Crippen molar-refractivity contribution in [1.29, 1.82) is 0 Å². The predicted molar refractivity (Wildman–Crippen MR) is 77.7 cm³/mol. The molecule has 1 unspecified atom stereocenters. The van der Waals surface area contributed by atoms with Crippen LogP contribution in [0.5, 0.6) is 0 Å². The van der Waals surface area contributed by atoms with Crippen LogP contribution in [0.1, 0.15) is 29.2 Å². The summed E-state index contributed by atoms with van der Waals surface area (Å²) in [4.78, 5) is 0. The summed E-state index contributed by atoms with van der Waals surface area (Å²) in [5.41, 5.74) is 4.10. The zero-order valence-corrected chi connectivity index (χ0v) is 11.2. The van der Waals surface area contributed by atoms with Crippen molar-refractivity contribution >= 4 is 0 Å². The largest absolute Gasteiger partial charge is 0.313 e. The zero-order chi connectivity index (χ0) is 12.8. The minimum Gasteiger partial charge on any atom is -0.313 e. The third-order valence-electron chi connectivity index (χ3n) is 3.39. The predicted octanol–water partition coefficient (Wildman–Crippen LogP) is 3.89. The highest BCUT2D eigenvalue weighted by Crippen LogP contribution is 2.19. The molecule has 0 aliphatic heterocycles. The van der Waals surface area contributed by atoms with Gasteiger partial charge in [-0.25, -0.2) is 0 Å². The molecule has 0 spiro atoms. The number of hydrogen-bond donors (Lipinski definition) is 1. The molecule has 0 amide bonds. The molecule has 0 aliphatic carbocycles. The Balaban J connectivity index is 1.99. The molecule has 2 rings (SSSR count). The Morgan fingerprint density at radius 2 is 1.61 bits per heavy atom. The third kappa shape index (κ3) is 3.44. The zero-order valence-electron chi connectivity index (χ0n) is 11.2. The summed E-state index contributed by atoms with van der Waals surface area (Å²) in [6.45, 7) is 2.13. The summed E-state index contributed by atoms with van der Waals surface area (Å²) in [6, 6.07) is 19.9. The third-order valence-corrected chi connectivity index (χ3v) is 3.39. The first kappa shape index (κ1) is 12.8. The lowest BCUT2D eigenvalue weighted by molar-refractivity contribution is 0.549. The molecule has 18 heavy (non-hydrogen) atoms. The molecule has 0 bridgehead atoms. The van der Waals surface area contributed by atoms with Crippen molar-refractivity contribution in [1.82, 2.24) is 5.32 Å². The molecule has 0 aromatic heterocycles. The van der Waals surface area contributed by atoms with Crippen molar-refractivity contribution in [2.24, 2.45) is 0 Å². The number of benzene rings is 2. The van der Waals surface area contributed by atoms with Gasteiger partial charge in [-0.2, -0.15) is 0 Å². The molecule has 0 saturated carbocycles. The van der Waals surface area contributed by atoms with Gasteiger partial charge in [0.25, 0.3) is 0 Å². The minimum atomic E-state index is 0.436. The molecular formula is C17H21N. The van der Waals surface area contributed by atoms with Crippen molar-refractivity contribution in [2.75, 3.05) is 7.05 Å². The van der Waals surface area contributed by atoms with Crippen LogP contribution in [0.2, 0.25) is 0 Å². The van der Waals surface area contributed by atoms with Gasteiger partial charge in [-0.1, -0.05) is 60.2 Å². The molecule has 2 aromatic rings. The smallest absolute Gasteiger partial charge is 0.0320 e. The van der Waals surface area contributed by atoms with Gasteiger partial charge in [-0.05, 0) is 37.9 Å². The van der Waals surface area contributed by atoms with Crippen LogP contribution in [-0.4, -0.2) is 7.05 Å². The first-order chi connectivity index (χ1) is 8.79. The number of hydrogen-bond acceptors (Lipinski definition) is 1. The quantitative estimate of drug-likeness (QED) is 0.834. The summed E-state index contributed by atoms with van der Waals surface area (Å²) in [6.07, 6.45) is 2.24. The molecule has 1 atom stereocenters. The first-order valence-corrected chi connectivity index (χ1v) is 6.57. The maximum Gasteiger partial charge on any atom is 0.0320 e. The average molecular weight is 239 g/mol. The molecule has 94 valence electrons. The van der Waals surface area contributed by atoms with Gasteiger partial charge in [0.05, 0.1) is 0 Å². The Morgan fingerprint density at radius 3 is 2.22 bits per heavy atom. The lowest BCUT2D eigenvalue weighted by atomic mass is 9.98. The lowest BCUT2D eigenvalue weighted by Crippen LogP contribution is -2.17. The first-order valence-electron chi connectivity index (χ1n) is 6.57. The van der Waals surface area contributed by atoms with E-state index in [4.69, 9.17) is 0 Å². The summed E-state index contributed by atoms with van der Waals surface area (Å²) in [5.74, 6) is 0. The SMILES string of the molecule is CNC(CCc1ccccc1)c1ccc(C)cc1. The Bertz CT molecular complexity index is 459. The standard InChI is InChI=1S/C17H21N/c1-14-8-11-16(12-9-14)17(18-2)13-10-15-6-4-3-5-7-15/h3-9,11-12,17-18H,10,13H2,1-2H3. The Morgan fingerprint density at radius 1 is 0.944 bits per heavy atom. The van der Waals surface area contributed by atoms with Gasteiger partial charge in [-0.15, -0.1) is 0 Å². The van der Waals surface area contributed by atoms with Crippen molar-refractivity contribution in [2.45, 2.75) is 25.8 Å². The number of nitrogens with one attached hydrogen (secondary N) is 1. The molecule has 0 saturated heterocycles. The Hall–Kier alpha value is -1.60. The normalized spacial score (nSPS) is 12.3. The summed E-state index contributed by atoms with van der Waals surface area (Å²) >= 11 is 0. The number of rotatable bonds is 5. The molecular weight excluding hydrogens is 218 g/mol. The van der Waals surface area contributed by atoms with E-state index in [-0.39, 0.29) is 0 Å². The Labute approximate surface area is 110 Å². The van der Waals surface area contributed by atoms with Crippen LogP contribution in [0.4, 0.5) is 0 Å². The molecule has 0 radical (unpaired) electrons. The van der Waals surface area contributed by atoms with Gasteiger partial charge < -0.3 is 5.32 Å². The fourth-order valence-corrected chi connectivity index (χ4v) is 2.23. The van der Waals surface area contributed by atoms with E-state index in [9.17, 15) is 0 Å². The van der Waals surface area contributed by atoms with Crippen LogP contribution in [0, 0.1) is 6.92 Å². The molecule has 1 N–H and O–H groups in total. The van der Waals surface area contributed by atoms with E-state index in [2.05, 4.69) is 66.8 Å². The van der Waals surface area contributed by atoms with Crippen LogP contribution >= 0.6 is 0 Å². The monoisotopic (exact) mass is 239 g/mol. The van der Waals surface area contributed by atoms with Gasteiger partial charge in [0.1, 0.15) is 0 Å². The van der Waals surface area contributed by atoms with E-state index >= 15 is 0 Å². The van der Waals surface area contributed by atoms with Crippen LogP contribution in [0.25, 0.3) is 0 Å². The van der Waals surface area contributed by atoms with E-state index in [0.29, 0.717) is 6.04 Å². The van der Waals surface area contributed by atoms with E-state index in [0.717, 1.165) is 12.8 Å². The van der Waals surface area contributed by atoms with Crippen molar-refractivity contribution < 1.29 is 0 Å². The highest BCUT2D eigenvalue weighted by molar-refractivity contribution is 5.24. The second kappa shape index (κ2) is 6.36. The van der Waals surface area contributed by atoms with Crippen molar-refractivity contribution in [3.05, 3.63) is 71.3 Å². The minimum absolute atomic E-state index is 0.436. The topological polar surface area (TPSA) is 12.0 Å². The summed E-state index contributed by atoms with van der Waals surface area (Å²) in [5, 5.41) is 3.41. The molecule has 1 nitrogen and oxygen atoms in total. The average Bonchev–Trinajstić information content (AvgIpc) is 2.42. The highest BCUT2D eigenvalue weighted by Gasteiger charge is 2.08. The molecule has 1 heteroatoms. The van der Waals surface area contributed by atoms with Crippen LogP contribution in [0.3, 0.4) is 0 Å². The second-order valence-electron chi connectivity index (χ2n) is 4.78. The maximum atomic E-state index is 3.41. The highest BCUT2D eigenvalue weighted by atomic mass is 14.9. The van der Waals surface area contributed by atoms with Gasteiger partial charge >= 0.3 is 0 Å². The van der Waals surface area contributed by atoms with E-state index < -0.39 is 0 Å². The van der Waals surface area contributed by atoms with Gasteiger partial charge in [0.2, 0.25) is 0 Å². The van der Waals surface area contributed by atoms with Crippen molar-refractivity contribution in [3.8, 4) is 0 Å². The summed E-state index contributed by atoms with van der Waals surface area (Å²) < 4.78 is 0. The van der Waals surface area contributed by atoms with E-state index in [1.54, 1.807) is 0 Å². The fraction of sp³-hybridized carbons (Fsp3) is 0.294. The van der Waals surface area contributed by atoms with Crippen LogP contribution in [0.15, 0.2) is 54.6 Å². The van der Waals surface area contributed by atoms with Gasteiger partial charge in [0.15, 0.2) is 0 Å². The molecule has 0 fully saturated rings. The van der Waals surface area contributed by atoms with Gasteiger partial charge in [0, 0.05) is 6.04 Å². The molecule has 0 aliphatic rings. The Kier molecular flexibility index (Phi) is 4.54.